The van der Waals surface area contributed by atoms with Gasteiger partial charge in [0.05, 0.1) is 6.61 Å². The van der Waals surface area contributed by atoms with Crippen molar-refractivity contribution >= 4 is 11.3 Å². The Bertz CT molecular complexity index is 468. The van der Waals surface area contributed by atoms with Crippen LogP contribution in [0.4, 0.5) is 0 Å². The lowest BCUT2D eigenvalue weighted by atomic mass is 10.1. The van der Waals surface area contributed by atoms with Crippen molar-refractivity contribution < 1.29 is 5.11 Å². The van der Waals surface area contributed by atoms with E-state index in [1.54, 1.807) is 11.3 Å². The molecule has 16 heavy (non-hydrogen) atoms. The number of hydrogen-bond donors (Lipinski definition) is 2. The number of benzene rings is 1. The normalized spacial score (nSPS) is 10.6. The van der Waals surface area contributed by atoms with Crippen LogP contribution in [0.5, 0.6) is 0 Å². The third kappa shape index (κ3) is 2.29. The number of hydrogen-bond acceptors (Lipinski definition) is 4. The minimum absolute atomic E-state index is 0.0527. The first kappa shape index (κ1) is 11.3. The molecule has 0 aliphatic heterocycles. The molecule has 1 aromatic carbocycles. The van der Waals surface area contributed by atoms with E-state index in [-0.39, 0.29) is 6.61 Å². The molecule has 0 saturated heterocycles. The van der Waals surface area contributed by atoms with E-state index in [4.69, 9.17) is 0 Å². The van der Waals surface area contributed by atoms with Crippen molar-refractivity contribution in [3.05, 3.63) is 40.9 Å². The highest BCUT2D eigenvalue weighted by molar-refractivity contribution is 7.15. The van der Waals surface area contributed by atoms with Crippen LogP contribution >= 0.6 is 11.3 Å². The molecule has 0 unspecified atom stereocenters. The van der Waals surface area contributed by atoms with Gasteiger partial charge in [0.1, 0.15) is 5.01 Å². The Morgan fingerprint density at radius 2 is 2.19 bits per heavy atom. The lowest BCUT2D eigenvalue weighted by molar-refractivity contribution is 0.282. The Kier molecular flexibility index (Phi) is 3.66. The lowest BCUT2D eigenvalue weighted by Crippen LogP contribution is -2.02. The molecule has 0 aliphatic carbocycles. The average molecular weight is 234 g/mol. The van der Waals surface area contributed by atoms with E-state index < -0.39 is 0 Å². The standard InChI is InChI=1S/C12H14N2OS/c1-13-6-10-7-14-12(16-10)11-5-3-2-4-9(11)8-15/h2-5,7,13,15H,6,8H2,1H3. The van der Waals surface area contributed by atoms with Crippen LogP contribution in [-0.2, 0) is 13.2 Å². The van der Waals surface area contributed by atoms with E-state index in [0.717, 1.165) is 22.7 Å². The predicted molar refractivity (Wildman–Crippen MR) is 66.2 cm³/mol. The molecule has 2 aromatic rings. The number of rotatable bonds is 4. The van der Waals surface area contributed by atoms with Crippen molar-refractivity contribution in [1.29, 1.82) is 0 Å². The van der Waals surface area contributed by atoms with E-state index in [2.05, 4.69) is 10.3 Å². The monoisotopic (exact) mass is 234 g/mol. The molecule has 0 amide bonds. The molecule has 1 heterocycles. The second-order valence-corrected chi connectivity index (χ2v) is 4.59. The van der Waals surface area contributed by atoms with E-state index in [1.165, 1.54) is 4.88 Å². The molecule has 2 rings (SSSR count). The maximum Gasteiger partial charge on any atom is 0.123 e. The molecule has 0 spiro atoms. The second-order valence-electron chi connectivity index (χ2n) is 3.48. The number of aliphatic hydroxyl groups is 1. The second kappa shape index (κ2) is 5.21. The van der Waals surface area contributed by atoms with Gasteiger partial charge in [0.2, 0.25) is 0 Å². The summed E-state index contributed by atoms with van der Waals surface area (Å²) < 4.78 is 0. The highest BCUT2D eigenvalue weighted by Gasteiger charge is 2.07. The maximum atomic E-state index is 9.25. The van der Waals surface area contributed by atoms with Gasteiger partial charge in [0.15, 0.2) is 0 Å². The van der Waals surface area contributed by atoms with Crippen LogP contribution in [0.15, 0.2) is 30.5 Å². The maximum absolute atomic E-state index is 9.25. The number of thiazole rings is 1. The topological polar surface area (TPSA) is 45.2 Å². The third-order valence-corrected chi connectivity index (χ3v) is 3.35. The first-order valence-corrected chi connectivity index (χ1v) is 5.95. The van der Waals surface area contributed by atoms with Crippen LogP contribution in [0.1, 0.15) is 10.4 Å². The number of aromatic nitrogens is 1. The van der Waals surface area contributed by atoms with Crippen LogP contribution in [0.2, 0.25) is 0 Å². The van der Waals surface area contributed by atoms with Crippen LogP contribution in [0.3, 0.4) is 0 Å². The summed E-state index contributed by atoms with van der Waals surface area (Å²) in [5, 5.41) is 13.3. The molecule has 2 N–H and O–H groups in total. The SMILES string of the molecule is CNCc1cnc(-c2ccccc2CO)s1. The summed E-state index contributed by atoms with van der Waals surface area (Å²) in [6.07, 6.45) is 1.88. The first-order valence-electron chi connectivity index (χ1n) is 5.13. The third-order valence-electron chi connectivity index (χ3n) is 2.32. The zero-order valence-corrected chi connectivity index (χ0v) is 9.92. The lowest BCUT2D eigenvalue weighted by Gasteiger charge is -2.02. The summed E-state index contributed by atoms with van der Waals surface area (Å²) in [6, 6.07) is 7.81. The quantitative estimate of drug-likeness (QED) is 0.850. The Morgan fingerprint density at radius 1 is 1.38 bits per heavy atom. The van der Waals surface area contributed by atoms with Gasteiger partial charge in [0, 0.05) is 23.2 Å². The van der Waals surface area contributed by atoms with Crippen LogP contribution < -0.4 is 5.32 Å². The van der Waals surface area contributed by atoms with Crippen molar-refractivity contribution in [2.75, 3.05) is 7.05 Å². The molecule has 3 nitrogen and oxygen atoms in total. The van der Waals surface area contributed by atoms with Crippen LogP contribution in [0, 0.1) is 0 Å². The Hall–Kier alpha value is -1.23. The predicted octanol–water partition coefficient (Wildman–Crippen LogP) is 2.02. The van der Waals surface area contributed by atoms with Crippen molar-refractivity contribution in [3.63, 3.8) is 0 Å². The fourth-order valence-corrected chi connectivity index (χ4v) is 2.54. The van der Waals surface area contributed by atoms with E-state index in [1.807, 2.05) is 37.5 Å². The van der Waals surface area contributed by atoms with E-state index in [9.17, 15) is 5.11 Å². The average Bonchev–Trinajstić information content (AvgIpc) is 2.78. The van der Waals surface area contributed by atoms with Gasteiger partial charge in [-0.3, -0.25) is 0 Å². The molecule has 0 saturated carbocycles. The van der Waals surface area contributed by atoms with Crippen molar-refractivity contribution in [1.82, 2.24) is 10.3 Å². The fourth-order valence-electron chi connectivity index (χ4n) is 1.55. The van der Waals surface area contributed by atoms with Gasteiger partial charge in [-0.25, -0.2) is 4.98 Å². The zero-order chi connectivity index (χ0) is 11.4. The van der Waals surface area contributed by atoms with Gasteiger partial charge < -0.3 is 10.4 Å². The first-order chi connectivity index (χ1) is 7.85. The summed E-state index contributed by atoms with van der Waals surface area (Å²) >= 11 is 1.66. The van der Waals surface area contributed by atoms with Crippen LogP contribution in [-0.4, -0.2) is 17.1 Å². The van der Waals surface area contributed by atoms with Gasteiger partial charge in [-0.2, -0.15) is 0 Å². The van der Waals surface area contributed by atoms with Gasteiger partial charge in [0.25, 0.3) is 0 Å². The summed E-state index contributed by atoms with van der Waals surface area (Å²) in [6.45, 7) is 0.885. The van der Waals surface area contributed by atoms with Crippen LogP contribution in [0.25, 0.3) is 10.6 Å². The Morgan fingerprint density at radius 3 is 2.94 bits per heavy atom. The van der Waals surface area contributed by atoms with E-state index in [0.29, 0.717) is 0 Å². The van der Waals surface area contributed by atoms with Gasteiger partial charge >= 0.3 is 0 Å². The van der Waals surface area contributed by atoms with Crippen molar-refractivity contribution in [3.8, 4) is 10.6 Å². The number of nitrogens with one attached hydrogen (secondary N) is 1. The molecule has 0 fully saturated rings. The molecule has 4 heteroatoms. The molecule has 0 aliphatic rings. The van der Waals surface area contributed by atoms with Gasteiger partial charge in [-0.1, -0.05) is 24.3 Å². The van der Waals surface area contributed by atoms with Crippen molar-refractivity contribution in [2.45, 2.75) is 13.2 Å². The van der Waals surface area contributed by atoms with Crippen molar-refractivity contribution in [2.24, 2.45) is 0 Å². The summed E-state index contributed by atoms with van der Waals surface area (Å²) in [5.41, 5.74) is 1.95. The van der Waals surface area contributed by atoms with E-state index >= 15 is 0 Å². The zero-order valence-electron chi connectivity index (χ0n) is 9.10. The number of aliphatic hydroxyl groups excluding tert-OH is 1. The minimum atomic E-state index is 0.0527. The summed E-state index contributed by atoms with van der Waals surface area (Å²) in [5.74, 6) is 0. The molecule has 0 atom stereocenters. The molecular formula is C12H14N2OS. The largest absolute Gasteiger partial charge is 0.392 e. The number of nitrogens with zero attached hydrogens (tertiary/aromatic N) is 1. The fraction of sp³-hybridized carbons (Fsp3) is 0.250. The smallest absolute Gasteiger partial charge is 0.123 e. The molecule has 1 aromatic heterocycles. The van der Waals surface area contributed by atoms with Gasteiger partial charge in [-0.05, 0) is 12.6 Å². The highest BCUT2D eigenvalue weighted by atomic mass is 32.1. The van der Waals surface area contributed by atoms with Gasteiger partial charge in [-0.15, -0.1) is 11.3 Å². The Balaban J connectivity index is 2.34. The summed E-state index contributed by atoms with van der Waals surface area (Å²) in [7, 11) is 1.92. The molecule has 0 radical (unpaired) electrons. The Labute approximate surface area is 98.8 Å². The highest BCUT2D eigenvalue weighted by Crippen LogP contribution is 2.28. The molecule has 0 bridgehead atoms. The molecular weight excluding hydrogens is 220 g/mol. The minimum Gasteiger partial charge on any atom is -0.392 e. The summed E-state index contributed by atoms with van der Waals surface area (Å²) in [4.78, 5) is 5.58. The molecule has 84 valence electrons.